The predicted octanol–water partition coefficient (Wildman–Crippen LogP) is -24.4. The molecular formula is C7H12K6O24S6. The Hall–Kier alpha value is 9.20. The molecule has 0 aromatic carbocycles. The topological polar surface area (TPSA) is 413 Å². The van der Waals surface area contributed by atoms with Crippen molar-refractivity contribution in [3.8, 4) is 0 Å². The van der Waals surface area contributed by atoms with Gasteiger partial charge in [0.1, 0.15) is 12.2 Å². The molecule has 0 aromatic rings. The zero-order chi connectivity index (χ0) is 29.0. The van der Waals surface area contributed by atoms with Crippen molar-refractivity contribution in [2.45, 2.75) is 36.9 Å². The molecular weight excluding hydrogens is 895 g/mol. The molecule has 0 aromatic heterocycles. The molecule has 0 radical (unpaired) electrons. The fourth-order valence-corrected chi connectivity index (χ4v) is 4.89. The van der Waals surface area contributed by atoms with Gasteiger partial charge in [-0.1, -0.05) is 0 Å². The summed E-state index contributed by atoms with van der Waals surface area (Å²) in [5.41, 5.74) is 0. The van der Waals surface area contributed by atoms with Crippen molar-refractivity contribution in [1.82, 2.24) is 0 Å². The molecule has 1 saturated carbocycles. The second-order valence-corrected chi connectivity index (χ2v) is 11.4. The summed E-state index contributed by atoms with van der Waals surface area (Å²) in [5, 5.41) is 0. The molecule has 2 N–H and O–H groups in total. The molecule has 3 unspecified atom stereocenters. The van der Waals surface area contributed by atoms with E-state index < -0.39 is 100 Å². The van der Waals surface area contributed by atoms with Crippen LogP contribution in [0.1, 0.15) is 12.8 Å². The third-order valence-electron chi connectivity index (χ3n) is 3.22. The summed E-state index contributed by atoms with van der Waals surface area (Å²) < 4.78 is 203. The second-order valence-electron chi connectivity index (χ2n) is 5.64. The van der Waals surface area contributed by atoms with Gasteiger partial charge in [-0.25, -0.2) is 50.5 Å². The fraction of sp³-hybridized carbons (Fsp3) is 1.00. The Labute approximate surface area is 504 Å². The minimum atomic E-state index is -6.11. The normalized spacial score (nSPS) is 22.6. The van der Waals surface area contributed by atoms with E-state index in [1.807, 2.05) is 0 Å². The zero-order valence-corrected chi connectivity index (χ0v) is 46.6. The van der Waals surface area contributed by atoms with E-state index in [0.717, 1.165) is 7.11 Å². The van der Waals surface area contributed by atoms with E-state index in [2.05, 4.69) is 25.1 Å². The molecule has 226 valence electrons. The first-order valence-corrected chi connectivity index (χ1v) is 15.2. The molecule has 0 spiro atoms. The van der Waals surface area contributed by atoms with Crippen molar-refractivity contribution in [2.75, 3.05) is 7.11 Å². The first-order chi connectivity index (χ1) is 15.7. The van der Waals surface area contributed by atoms with E-state index >= 15 is 0 Å². The van der Waals surface area contributed by atoms with Crippen molar-refractivity contribution in [3.05, 3.63) is 0 Å². The molecule has 0 amide bonds. The Bertz CT molecular complexity index is 1330. The van der Waals surface area contributed by atoms with E-state index in [0.29, 0.717) is 0 Å². The summed E-state index contributed by atoms with van der Waals surface area (Å²) in [6, 6.07) is 0. The number of hydrogen-bond donors (Lipinski definition) is 0. The van der Waals surface area contributed by atoms with Crippen LogP contribution in [0.4, 0.5) is 0 Å². The summed E-state index contributed by atoms with van der Waals surface area (Å²) >= 11 is -3.91. The average Bonchev–Trinajstić information content (AvgIpc) is 2.55. The Kier molecular flexibility index (Phi) is 49.4. The Morgan fingerprint density at radius 2 is 1.00 bits per heavy atom. The molecule has 0 saturated heterocycles. The van der Waals surface area contributed by atoms with Gasteiger partial charge in [0.25, 0.3) is 0 Å². The maximum Gasteiger partial charge on any atom is 1.00 e. The Morgan fingerprint density at radius 3 is 1.26 bits per heavy atom. The van der Waals surface area contributed by atoms with Crippen LogP contribution in [0.5, 0.6) is 0 Å². The minimum Gasteiger partial charge on any atom is -0.750 e. The second kappa shape index (κ2) is 30.4. The van der Waals surface area contributed by atoms with Crippen molar-refractivity contribution in [3.63, 3.8) is 0 Å². The van der Waals surface area contributed by atoms with E-state index in [9.17, 15) is 73.6 Å². The molecule has 1 rings (SSSR count). The Balaban J connectivity index is -0.000000142. The van der Waals surface area contributed by atoms with Crippen molar-refractivity contribution < 1.29 is 412 Å². The van der Waals surface area contributed by atoms with Gasteiger partial charge in [0.2, 0.25) is 57.8 Å². The third kappa shape index (κ3) is 36.6. The van der Waals surface area contributed by atoms with Crippen LogP contribution in [0.25, 0.3) is 0 Å². The standard InChI is InChI=1S/C6H12O19S5.CH4O4S.6K.H2O/c7-26(8)24-6(25-30(18,19)20)2-1-3(21-27(9,10)11)4(22-28(12,13)14)5(6)23-29(15,16)17;1-5-6(2,3)4;;;;;;;/h3-5H,1-2H2,(H,7,8)(H,9,10,11)(H,12,13,14)(H,15,16,17)(H,18,19,20);1H3,(H,2,3,4);;;;;;;1H2/q;;6*+1;/p-6/t3?,4-,5?,6-;;;;;;;;/m1......../s1. The summed E-state index contributed by atoms with van der Waals surface area (Å²) in [6.07, 6.45) is -11.5. The van der Waals surface area contributed by atoms with Crippen LogP contribution in [-0.4, -0.2) is 110 Å². The van der Waals surface area contributed by atoms with Crippen LogP contribution in [0.3, 0.4) is 0 Å². The molecule has 36 heteroatoms. The molecule has 43 heavy (non-hydrogen) atoms. The Morgan fingerprint density at radius 1 is 0.651 bits per heavy atom. The van der Waals surface area contributed by atoms with Gasteiger partial charge in [0, 0.05) is 6.42 Å². The van der Waals surface area contributed by atoms with E-state index in [-0.39, 0.29) is 314 Å². The molecule has 0 bridgehead atoms. The summed E-state index contributed by atoms with van der Waals surface area (Å²) in [7, 11) is -27.6. The molecule has 1 aliphatic rings. The maximum absolute atomic E-state index is 11.0. The molecule has 5 atom stereocenters. The largest absolute Gasteiger partial charge is 1.00 e. The van der Waals surface area contributed by atoms with Gasteiger partial charge in [0.05, 0.1) is 18.5 Å². The van der Waals surface area contributed by atoms with Crippen LogP contribution < -0.4 is 308 Å². The molecule has 0 heterocycles. The average molecular weight is 907 g/mol. The van der Waals surface area contributed by atoms with E-state index in [4.69, 9.17) is 0 Å². The molecule has 1 fully saturated rings. The van der Waals surface area contributed by atoms with Crippen molar-refractivity contribution in [2.24, 2.45) is 0 Å². The van der Waals surface area contributed by atoms with Crippen LogP contribution in [-0.2, 0) is 88.5 Å². The zero-order valence-electron chi connectivity index (χ0n) is 23.0. The first-order valence-electron chi connectivity index (χ1n) is 7.57. The number of rotatable bonds is 11. The van der Waals surface area contributed by atoms with Gasteiger partial charge in [-0.2, -0.15) is 0 Å². The predicted molar refractivity (Wildman–Crippen MR) is 96.8 cm³/mol. The smallest absolute Gasteiger partial charge is 0.750 e. The molecule has 24 nitrogen and oxygen atoms in total. The van der Waals surface area contributed by atoms with Gasteiger partial charge in [-0.05, 0) is 6.42 Å². The first kappa shape index (κ1) is 70.0. The molecule has 1 aliphatic carbocycles. The SMILES string of the molecule is COS(=O)(=O)[O-].O.O=S([O-])O[C@@]1(OS(=O)(=O)[O-])CCC(OS(=O)(=O)[O-])[C@@H](OS(=O)(=O)[O-])C1OS(=O)(=O)[O-].[K+].[K+].[K+].[K+].[K+].[K+]. The summed E-state index contributed by atoms with van der Waals surface area (Å²) in [4.78, 5) is 0. The van der Waals surface area contributed by atoms with Gasteiger partial charge < -0.3 is 32.8 Å². The number of hydrogen-bond acceptors (Lipinski definition) is 23. The van der Waals surface area contributed by atoms with Crippen LogP contribution in [0.15, 0.2) is 0 Å². The van der Waals surface area contributed by atoms with Crippen LogP contribution >= 0.6 is 0 Å². The summed E-state index contributed by atoms with van der Waals surface area (Å²) in [6.45, 7) is 0. The van der Waals surface area contributed by atoms with Gasteiger partial charge >= 0.3 is 308 Å². The monoisotopic (exact) mass is 906 g/mol. The van der Waals surface area contributed by atoms with Gasteiger partial charge in [-0.15, -0.1) is 0 Å². The fourth-order valence-electron chi connectivity index (χ4n) is 2.33. The summed E-state index contributed by atoms with van der Waals surface area (Å²) in [5.74, 6) is -3.72. The van der Waals surface area contributed by atoms with E-state index in [1.165, 1.54) is 0 Å². The van der Waals surface area contributed by atoms with Crippen molar-refractivity contribution in [1.29, 1.82) is 0 Å². The maximum atomic E-state index is 11.0. The molecule has 0 aliphatic heterocycles. The third-order valence-corrected chi connectivity index (χ3v) is 5.92. The van der Waals surface area contributed by atoms with Gasteiger partial charge in [-0.3, -0.25) is 20.9 Å². The van der Waals surface area contributed by atoms with Crippen LogP contribution in [0, 0.1) is 0 Å². The quantitative estimate of drug-likeness (QED) is 0.0610. The van der Waals surface area contributed by atoms with E-state index in [1.54, 1.807) is 0 Å². The van der Waals surface area contributed by atoms with Crippen LogP contribution in [0.2, 0.25) is 0 Å². The van der Waals surface area contributed by atoms with Crippen molar-refractivity contribution >= 4 is 63.4 Å². The van der Waals surface area contributed by atoms with Gasteiger partial charge in [0.15, 0.2) is 6.10 Å². The minimum absolute atomic E-state index is 0.